The number of nitrogens with zero attached hydrogens (tertiary/aromatic N) is 1. The smallest absolute Gasteiger partial charge is 0.193 e. The summed E-state index contributed by atoms with van der Waals surface area (Å²) >= 11 is 3.36. The lowest BCUT2D eigenvalue weighted by Crippen LogP contribution is -2.00. The van der Waals surface area contributed by atoms with Gasteiger partial charge in [0.05, 0.1) is 5.52 Å². The van der Waals surface area contributed by atoms with Crippen molar-refractivity contribution in [2.45, 2.75) is 0 Å². The number of carbonyl (C=O) groups excluding carboxylic acids is 1. The van der Waals surface area contributed by atoms with Crippen molar-refractivity contribution in [2.75, 3.05) is 0 Å². The van der Waals surface area contributed by atoms with Crippen molar-refractivity contribution in [1.29, 1.82) is 0 Å². The predicted octanol–water partition coefficient (Wildman–Crippen LogP) is 4.23. The molecule has 0 bridgehead atoms. The molecule has 0 spiro atoms. The molecule has 0 saturated carbocycles. The number of halogens is 1. The molecule has 3 aromatic rings. The van der Waals surface area contributed by atoms with Crippen LogP contribution in [0.5, 0.6) is 0 Å². The van der Waals surface area contributed by atoms with Gasteiger partial charge in [-0.05, 0) is 48.5 Å². The van der Waals surface area contributed by atoms with Gasteiger partial charge in [-0.1, -0.05) is 22.0 Å². The van der Waals surface area contributed by atoms with Gasteiger partial charge in [-0.15, -0.1) is 0 Å². The average molecular weight is 312 g/mol. The summed E-state index contributed by atoms with van der Waals surface area (Å²) < 4.78 is 0.965. The van der Waals surface area contributed by atoms with E-state index in [0.717, 1.165) is 15.4 Å². The highest BCUT2D eigenvalue weighted by Crippen LogP contribution is 2.18. The Hall–Kier alpha value is -2.00. The van der Waals surface area contributed by atoms with Gasteiger partial charge in [0, 0.05) is 27.2 Å². The summed E-state index contributed by atoms with van der Waals surface area (Å²) in [6.07, 6.45) is 1.75. The molecule has 0 fully saturated rings. The highest BCUT2D eigenvalue weighted by atomic mass is 79.9. The number of pyridine rings is 1. The molecule has 0 aliphatic rings. The van der Waals surface area contributed by atoms with Crippen molar-refractivity contribution in [1.82, 2.24) is 4.98 Å². The zero-order valence-corrected chi connectivity index (χ0v) is 11.6. The third kappa shape index (κ3) is 2.42. The molecule has 0 unspecified atom stereocenters. The fourth-order valence-electron chi connectivity index (χ4n) is 1.98. The molecule has 3 rings (SSSR count). The average Bonchev–Trinajstić information content (AvgIpc) is 2.47. The van der Waals surface area contributed by atoms with E-state index >= 15 is 0 Å². The van der Waals surface area contributed by atoms with Crippen LogP contribution in [0.25, 0.3) is 10.9 Å². The van der Waals surface area contributed by atoms with E-state index in [1.165, 1.54) is 0 Å². The Morgan fingerprint density at radius 3 is 2.47 bits per heavy atom. The molecule has 2 aromatic carbocycles. The minimum atomic E-state index is 0.0262. The molecular formula is C16H10BrNO. The van der Waals surface area contributed by atoms with E-state index in [1.54, 1.807) is 6.20 Å². The van der Waals surface area contributed by atoms with Gasteiger partial charge in [-0.25, -0.2) is 0 Å². The third-order valence-electron chi connectivity index (χ3n) is 2.97. The molecule has 0 saturated heterocycles. The van der Waals surface area contributed by atoms with Gasteiger partial charge in [0.1, 0.15) is 0 Å². The number of fused-ring (bicyclic) bond motifs is 1. The normalized spacial score (nSPS) is 10.6. The number of ketones is 1. The van der Waals surface area contributed by atoms with Gasteiger partial charge in [-0.3, -0.25) is 9.78 Å². The Bertz CT molecular complexity index is 750. The van der Waals surface area contributed by atoms with Crippen LogP contribution in [0.15, 0.2) is 65.3 Å². The molecule has 92 valence electrons. The fraction of sp³-hybridized carbons (Fsp3) is 0. The second-order valence-electron chi connectivity index (χ2n) is 4.25. The Kier molecular flexibility index (Phi) is 3.13. The van der Waals surface area contributed by atoms with Crippen LogP contribution in [-0.4, -0.2) is 10.8 Å². The first-order valence-electron chi connectivity index (χ1n) is 5.89. The van der Waals surface area contributed by atoms with Crippen LogP contribution in [0.4, 0.5) is 0 Å². The lowest BCUT2D eigenvalue weighted by Gasteiger charge is -2.03. The topological polar surface area (TPSA) is 30.0 Å². The van der Waals surface area contributed by atoms with E-state index in [4.69, 9.17) is 0 Å². The molecule has 3 heteroatoms. The Balaban J connectivity index is 2.04. The van der Waals surface area contributed by atoms with Crippen LogP contribution in [0.1, 0.15) is 15.9 Å². The van der Waals surface area contributed by atoms with Gasteiger partial charge in [0.15, 0.2) is 5.78 Å². The first-order valence-corrected chi connectivity index (χ1v) is 6.68. The minimum absolute atomic E-state index is 0.0262. The first kappa shape index (κ1) is 12.1. The standard InChI is InChI=1S/C16H10BrNO/c17-14-6-3-11(4-7-14)16(19)13-5-8-15-12(10-13)2-1-9-18-15/h1-10H. The Morgan fingerprint density at radius 1 is 0.947 bits per heavy atom. The van der Waals surface area contributed by atoms with Crippen LogP contribution in [0.3, 0.4) is 0 Å². The lowest BCUT2D eigenvalue weighted by atomic mass is 10.0. The molecule has 1 heterocycles. The van der Waals surface area contributed by atoms with E-state index in [2.05, 4.69) is 20.9 Å². The summed E-state index contributed by atoms with van der Waals surface area (Å²) in [7, 11) is 0. The zero-order chi connectivity index (χ0) is 13.2. The van der Waals surface area contributed by atoms with E-state index in [-0.39, 0.29) is 5.78 Å². The SMILES string of the molecule is O=C(c1ccc(Br)cc1)c1ccc2ncccc2c1. The van der Waals surface area contributed by atoms with Gasteiger partial charge >= 0.3 is 0 Å². The van der Waals surface area contributed by atoms with Gasteiger partial charge in [0.25, 0.3) is 0 Å². The summed E-state index contributed by atoms with van der Waals surface area (Å²) in [6.45, 7) is 0. The maximum absolute atomic E-state index is 12.4. The lowest BCUT2D eigenvalue weighted by molar-refractivity contribution is 0.103. The number of aromatic nitrogens is 1. The van der Waals surface area contributed by atoms with Crippen molar-refractivity contribution in [2.24, 2.45) is 0 Å². The minimum Gasteiger partial charge on any atom is -0.289 e. The number of hydrogen-bond donors (Lipinski definition) is 0. The van der Waals surface area contributed by atoms with Crippen LogP contribution >= 0.6 is 15.9 Å². The maximum Gasteiger partial charge on any atom is 0.193 e. The van der Waals surface area contributed by atoms with Gasteiger partial charge in [0.2, 0.25) is 0 Å². The Morgan fingerprint density at radius 2 is 1.68 bits per heavy atom. The second-order valence-corrected chi connectivity index (χ2v) is 5.16. The van der Waals surface area contributed by atoms with Crippen molar-refractivity contribution in [3.63, 3.8) is 0 Å². The molecular weight excluding hydrogens is 302 g/mol. The summed E-state index contributed by atoms with van der Waals surface area (Å²) in [5, 5.41) is 0.977. The largest absolute Gasteiger partial charge is 0.289 e. The maximum atomic E-state index is 12.4. The summed E-state index contributed by atoms with van der Waals surface area (Å²) in [5.41, 5.74) is 2.27. The van der Waals surface area contributed by atoms with Crippen LogP contribution in [-0.2, 0) is 0 Å². The molecule has 0 radical (unpaired) electrons. The summed E-state index contributed by atoms with van der Waals surface area (Å²) in [6, 6.07) is 16.8. The van der Waals surface area contributed by atoms with Crippen LogP contribution < -0.4 is 0 Å². The number of hydrogen-bond acceptors (Lipinski definition) is 2. The fourth-order valence-corrected chi connectivity index (χ4v) is 2.25. The molecule has 0 amide bonds. The van der Waals surface area contributed by atoms with E-state index in [1.807, 2.05) is 54.6 Å². The highest BCUT2D eigenvalue weighted by Gasteiger charge is 2.09. The van der Waals surface area contributed by atoms with Gasteiger partial charge < -0.3 is 0 Å². The van der Waals surface area contributed by atoms with Crippen LogP contribution in [0.2, 0.25) is 0 Å². The third-order valence-corrected chi connectivity index (χ3v) is 3.50. The quantitative estimate of drug-likeness (QED) is 0.663. The molecule has 0 aliphatic heterocycles. The Labute approximate surface area is 119 Å². The van der Waals surface area contributed by atoms with Crippen molar-refractivity contribution >= 4 is 32.6 Å². The first-order chi connectivity index (χ1) is 9.24. The number of rotatable bonds is 2. The number of carbonyl (C=O) groups is 1. The van der Waals surface area contributed by atoms with Crippen molar-refractivity contribution in [3.8, 4) is 0 Å². The monoisotopic (exact) mass is 311 g/mol. The highest BCUT2D eigenvalue weighted by molar-refractivity contribution is 9.10. The summed E-state index contributed by atoms with van der Waals surface area (Å²) in [5.74, 6) is 0.0262. The van der Waals surface area contributed by atoms with E-state index in [0.29, 0.717) is 11.1 Å². The molecule has 0 atom stereocenters. The summed E-state index contributed by atoms with van der Waals surface area (Å²) in [4.78, 5) is 16.6. The van der Waals surface area contributed by atoms with Gasteiger partial charge in [-0.2, -0.15) is 0 Å². The molecule has 0 N–H and O–H groups in total. The number of benzene rings is 2. The second kappa shape index (κ2) is 4.94. The molecule has 2 nitrogen and oxygen atoms in total. The predicted molar refractivity (Wildman–Crippen MR) is 79.3 cm³/mol. The molecule has 19 heavy (non-hydrogen) atoms. The zero-order valence-electron chi connectivity index (χ0n) is 10.0. The van der Waals surface area contributed by atoms with E-state index < -0.39 is 0 Å². The van der Waals surface area contributed by atoms with Crippen molar-refractivity contribution < 1.29 is 4.79 Å². The van der Waals surface area contributed by atoms with Crippen LogP contribution in [0, 0.1) is 0 Å². The molecule has 0 aliphatic carbocycles. The molecule has 1 aromatic heterocycles. The van der Waals surface area contributed by atoms with E-state index in [9.17, 15) is 4.79 Å². The van der Waals surface area contributed by atoms with Crippen molar-refractivity contribution in [3.05, 3.63) is 76.4 Å².